The summed E-state index contributed by atoms with van der Waals surface area (Å²) in [6.07, 6.45) is 5.43. The number of nitrogens with one attached hydrogen (secondary N) is 1. The number of halogens is 1. The number of carbonyl (C=O) groups excluding carboxylic acids is 1. The molecule has 166 valence electrons. The van der Waals surface area contributed by atoms with Gasteiger partial charge in [0, 0.05) is 56.7 Å². The predicted octanol–water partition coefficient (Wildman–Crippen LogP) is 1.17. The molecule has 0 spiro atoms. The maximum absolute atomic E-state index is 13.4. The van der Waals surface area contributed by atoms with Crippen LogP contribution in [0.25, 0.3) is 0 Å². The number of primary amides is 1. The first kappa shape index (κ1) is 21.2. The molecule has 0 aliphatic carbocycles. The van der Waals surface area contributed by atoms with Crippen LogP contribution in [0.2, 0.25) is 0 Å². The Bertz CT molecular complexity index is 983. The van der Waals surface area contributed by atoms with Crippen molar-refractivity contribution in [3.63, 3.8) is 0 Å². The van der Waals surface area contributed by atoms with Gasteiger partial charge in [-0.3, -0.25) is 14.4 Å². The lowest BCUT2D eigenvalue weighted by Crippen LogP contribution is -2.51. The van der Waals surface area contributed by atoms with Gasteiger partial charge in [-0.25, -0.2) is 4.98 Å². The van der Waals surface area contributed by atoms with Crippen LogP contribution in [-0.4, -0.2) is 63.6 Å². The van der Waals surface area contributed by atoms with E-state index in [2.05, 4.69) is 25.5 Å². The number of hydrogen-bond acceptors (Lipinski definition) is 8. The SMILES string of the molecule is CC1=NOC(CN2CCC(CN)(n3cc(C(N)=O)c(Nc4ccnc(F)c4)n3)CC2)C1. The van der Waals surface area contributed by atoms with Crippen LogP contribution in [0.3, 0.4) is 0 Å². The Kier molecular flexibility index (Phi) is 5.88. The molecule has 11 heteroatoms. The van der Waals surface area contributed by atoms with Crippen LogP contribution in [0.1, 0.15) is 36.5 Å². The van der Waals surface area contributed by atoms with Crippen molar-refractivity contribution in [2.45, 2.75) is 37.8 Å². The summed E-state index contributed by atoms with van der Waals surface area (Å²) < 4.78 is 15.2. The summed E-state index contributed by atoms with van der Waals surface area (Å²) in [6, 6.07) is 2.80. The Morgan fingerprint density at radius 3 is 2.81 bits per heavy atom. The molecule has 31 heavy (non-hydrogen) atoms. The summed E-state index contributed by atoms with van der Waals surface area (Å²) in [7, 11) is 0. The molecule has 10 nitrogen and oxygen atoms in total. The molecule has 1 amide bonds. The molecule has 2 aliphatic rings. The van der Waals surface area contributed by atoms with Crippen LogP contribution in [0.15, 0.2) is 29.7 Å². The molecule has 1 fully saturated rings. The number of piperidine rings is 1. The van der Waals surface area contributed by atoms with Crippen molar-refractivity contribution in [2.75, 3.05) is 31.5 Å². The average molecular weight is 430 g/mol. The fraction of sp³-hybridized carbons (Fsp3) is 0.500. The topological polar surface area (TPSA) is 137 Å². The van der Waals surface area contributed by atoms with Crippen LogP contribution in [0.5, 0.6) is 0 Å². The van der Waals surface area contributed by atoms with Crippen molar-refractivity contribution in [3.8, 4) is 0 Å². The van der Waals surface area contributed by atoms with Crippen LogP contribution in [0.4, 0.5) is 15.9 Å². The minimum absolute atomic E-state index is 0.0908. The number of likely N-dealkylation sites (tertiary alicyclic amines) is 1. The van der Waals surface area contributed by atoms with Crippen LogP contribution < -0.4 is 16.8 Å². The number of rotatable bonds is 7. The van der Waals surface area contributed by atoms with E-state index < -0.39 is 17.4 Å². The molecule has 4 heterocycles. The van der Waals surface area contributed by atoms with Gasteiger partial charge in [-0.2, -0.15) is 9.49 Å². The molecular weight excluding hydrogens is 403 g/mol. The lowest BCUT2D eigenvalue weighted by Gasteiger charge is -2.41. The van der Waals surface area contributed by atoms with Crippen LogP contribution >= 0.6 is 0 Å². The lowest BCUT2D eigenvalue weighted by molar-refractivity contribution is 0.0285. The smallest absolute Gasteiger partial charge is 0.254 e. The quantitative estimate of drug-likeness (QED) is 0.561. The molecule has 0 saturated carbocycles. The molecule has 1 saturated heterocycles. The Balaban J connectivity index is 1.50. The molecular formula is C20H27FN8O2. The highest BCUT2D eigenvalue weighted by atomic mass is 19.1. The molecule has 5 N–H and O–H groups in total. The summed E-state index contributed by atoms with van der Waals surface area (Å²) in [4.78, 5) is 23.3. The summed E-state index contributed by atoms with van der Waals surface area (Å²) in [5, 5.41) is 11.6. The summed E-state index contributed by atoms with van der Waals surface area (Å²) in [5.41, 5.74) is 13.0. The second-order valence-electron chi connectivity index (χ2n) is 8.18. The van der Waals surface area contributed by atoms with Gasteiger partial charge in [0.15, 0.2) is 5.82 Å². The van der Waals surface area contributed by atoms with Gasteiger partial charge in [-0.05, 0) is 25.8 Å². The third-order valence-electron chi connectivity index (χ3n) is 5.96. The van der Waals surface area contributed by atoms with E-state index in [1.807, 2.05) is 6.92 Å². The maximum atomic E-state index is 13.4. The van der Waals surface area contributed by atoms with Gasteiger partial charge in [0.1, 0.15) is 11.7 Å². The zero-order chi connectivity index (χ0) is 22.0. The third kappa shape index (κ3) is 4.52. The van der Waals surface area contributed by atoms with Gasteiger partial charge >= 0.3 is 0 Å². The molecule has 0 aromatic carbocycles. The average Bonchev–Trinajstić information content (AvgIpc) is 3.35. The van der Waals surface area contributed by atoms with Gasteiger partial charge in [0.25, 0.3) is 5.91 Å². The summed E-state index contributed by atoms with van der Waals surface area (Å²) in [5.74, 6) is -0.996. The van der Waals surface area contributed by atoms with Gasteiger partial charge in [0.05, 0.1) is 11.3 Å². The van der Waals surface area contributed by atoms with Crippen molar-refractivity contribution in [3.05, 3.63) is 36.0 Å². The maximum Gasteiger partial charge on any atom is 0.254 e. The minimum atomic E-state index is -0.636. The minimum Gasteiger partial charge on any atom is -0.391 e. The number of nitrogens with zero attached hydrogens (tertiary/aromatic N) is 5. The molecule has 2 aromatic heterocycles. The van der Waals surface area contributed by atoms with E-state index in [0.29, 0.717) is 12.2 Å². The number of oxime groups is 1. The third-order valence-corrected chi connectivity index (χ3v) is 5.96. The molecule has 1 atom stereocenters. The number of hydrogen-bond donors (Lipinski definition) is 3. The van der Waals surface area contributed by atoms with E-state index >= 15 is 0 Å². The molecule has 0 bridgehead atoms. The van der Waals surface area contributed by atoms with E-state index in [-0.39, 0.29) is 17.5 Å². The van der Waals surface area contributed by atoms with Crippen molar-refractivity contribution in [1.82, 2.24) is 19.7 Å². The van der Waals surface area contributed by atoms with Crippen LogP contribution in [-0.2, 0) is 10.4 Å². The number of carbonyl (C=O) groups is 1. The molecule has 0 radical (unpaired) electrons. The van der Waals surface area contributed by atoms with E-state index in [0.717, 1.165) is 44.6 Å². The fourth-order valence-electron chi connectivity index (χ4n) is 4.14. The van der Waals surface area contributed by atoms with E-state index in [1.54, 1.807) is 16.9 Å². The van der Waals surface area contributed by atoms with Gasteiger partial charge in [-0.1, -0.05) is 5.16 Å². The molecule has 2 aliphatic heterocycles. The number of pyridine rings is 1. The van der Waals surface area contributed by atoms with Crippen molar-refractivity contribution < 1.29 is 14.0 Å². The first-order chi connectivity index (χ1) is 14.9. The standard InChI is InChI=1S/C20H27FN8O2/c1-13-8-15(31-27-13)10-28-6-3-20(12-22,4-7-28)29-11-16(18(23)30)19(26-29)25-14-2-5-24-17(21)9-14/h2,5,9,11,15H,3-4,6-8,10,12,22H2,1H3,(H2,23,30)(H,24,25,26). The highest BCUT2D eigenvalue weighted by molar-refractivity contribution is 5.98. The van der Waals surface area contributed by atoms with Crippen LogP contribution in [0, 0.1) is 5.95 Å². The fourth-order valence-corrected chi connectivity index (χ4v) is 4.14. The van der Waals surface area contributed by atoms with E-state index in [1.165, 1.54) is 12.3 Å². The van der Waals surface area contributed by atoms with Gasteiger partial charge < -0.3 is 21.6 Å². The highest BCUT2D eigenvalue weighted by Gasteiger charge is 2.38. The summed E-state index contributed by atoms with van der Waals surface area (Å²) in [6.45, 7) is 4.79. The second-order valence-corrected chi connectivity index (χ2v) is 8.18. The zero-order valence-electron chi connectivity index (χ0n) is 17.4. The Morgan fingerprint density at radius 1 is 1.42 bits per heavy atom. The normalized spacial score (nSPS) is 20.9. The van der Waals surface area contributed by atoms with E-state index in [9.17, 15) is 9.18 Å². The number of nitrogens with two attached hydrogens (primary N) is 2. The largest absolute Gasteiger partial charge is 0.391 e. The predicted molar refractivity (Wildman–Crippen MR) is 114 cm³/mol. The lowest BCUT2D eigenvalue weighted by atomic mass is 9.87. The Hall–Kier alpha value is -3.05. The Morgan fingerprint density at radius 2 is 2.19 bits per heavy atom. The number of aromatic nitrogens is 3. The van der Waals surface area contributed by atoms with Gasteiger partial charge in [0.2, 0.25) is 5.95 Å². The molecule has 2 aromatic rings. The number of amides is 1. The van der Waals surface area contributed by atoms with Crippen molar-refractivity contribution >= 4 is 23.1 Å². The zero-order valence-corrected chi connectivity index (χ0v) is 17.4. The van der Waals surface area contributed by atoms with Crippen molar-refractivity contribution in [1.29, 1.82) is 0 Å². The summed E-state index contributed by atoms with van der Waals surface area (Å²) >= 11 is 0. The molecule has 1 unspecified atom stereocenters. The highest BCUT2D eigenvalue weighted by Crippen LogP contribution is 2.32. The van der Waals surface area contributed by atoms with Crippen molar-refractivity contribution in [2.24, 2.45) is 16.6 Å². The first-order valence-electron chi connectivity index (χ1n) is 10.3. The molecule has 4 rings (SSSR count). The first-order valence-corrected chi connectivity index (χ1v) is 10.3. The Labute approximate surface area is 179 Å². The van der Waals surface area contributed by atoms with E-state index in [4.69, 9.17) is 16.3 Å². The number of anilines is 2. The second kappa shape index (κ2) is 8.60. The van der Waals surface area contributed by atoms with Gasteiger partial charge in [-0.15, -0.1) is 0 Å². The monoisotopic (exact) mass is 430 g/mol.